The summed E-state index contributed by atoms with van der Waals surface area (Å²) in [6, 6.07) is 3.55. The maximum Gasteiger partial charge on any atom is 0.586 e. The molecule has 2 aliphatic rings. The molecule has 3 rings (SSSR count). The molecule has 10 heteroatoms. The number of benzene rings is 1. The van der Waals surface area contributed by atoms with Gasteiger partial charge >= 0.3 is 18.3 Å². The number of halogens is 2. The normalized spacial score (nSPS) is 22.6. The Morgan fingerprint density at radius 2 is 2.00 bits per heavy atom. The van der Waals surface area contributed by atoms with Crippen LogP contribution in [0.5, 0.6) is 11.5 Å². The molecule has 1 heterocycles. The van der Waals surface area contributed by atoms with Crippen LogP contribution in [-0.2, 0) is 4.79 Å². The highest BCUT2D eigenvalue weighted by Gasteiger charge is 2.43. The molecular formula is C16H19F2N3O5. The molecule has 1 aromatic carbocycles. The van der Waals surface area contributed by atoms with Gasteiger partial charge in [0.05, 0.1) is 6.54 Å². The van der Waals surface area contributed by atoms with Crippen molar-refractivity contribution in [3.63, 3.8) is 0 Å². The third-order valence-electron chi connectivity index (χ3n) is 4.37. The first-order valence-corrected chi connectivity index (χ1v) is 8.19. The van der Waals surface area contributed by atoms with E-state index in [2.05, 4.69) is 20.1 Å². The van der Waals surface area contributed by atoms with Gasteiger partial charge in [-0.1, -0.05) is 6.92 Å². The van der Waals surface area contributed by atoms with Gasteiger partial charge in [-0.3, -0.25) is 9.69 Å². The molecule has 26 heavy (non-hydrogen) atoms. The first-order valence-electron chi connectivity index (χ1n) is 8.19. The van der Waals surface area contributed by atoms with Gasteiger partial charge in [0.15, 0.2) is 11.5 Å². The van der Waals surface area contributed by atoms with E-state index in [1.165, 1.54) is 18.2 Å². The number of likely N-dealkylation sites (N-methyl/N-ethyl adjacent to an activating group) is 1. The van der Waals surface area contributed by atoms with Crippen LogP contribution in [0.15, 0.2) is 18.2 Å². The number of nitrogens with one attached hydrogen (secondary N) is 2. The van der Waals surface area contributed by atoms with Gasteiger partial charge in [0.25, 0.3) is 0 Å². The van der Waals surface area contributed by atoms with E-state index in [1.54, 1.807) is 0 Å². The van der Waals surface area contributed by atoms with Gasteiger partial charge in [0.2, 0.25) is 0 Å². The number of anilines is 1. The molecule has 2 amide bonds. The standard InChI is InChI=1S/C16H19F2N3O5/c1-2-21(8-14(22)23)11-5-10(6-11)20-15(24)19-9-3-4-12-13(7-9)26-16(17,18)25-12/h3-4,7,10-11H,2,5-6,8H2,1H3,(H,22,23)(H2,19,20,24). The largest absolute Gasteiger partial charge is 0.586 e. The van der Waals surface area contributed by atoms with Gasteiger partial charge in [-0.2, -0.15) is 0 Å². The molecule has 1 aromatic rings. The number of amides is 2. The second kappa shape index (κ2) is 6.94. The van der Waals surface area contributed by atoms with E-state index < -0.39 is 18.3 Å². The molecule has 1 fully saturated rings. The smallest absolute Gasteiger partial charge is 0.480 e. The lowest BCUT2D eigenvalue weighted by Gasteiger charge is -2.42. The van der Waals surface area contributed by atoms with E-state index in [4.69, 9.17) is 5.11 Å². The van der Waals surface area contributed by atoms with Gasteiger partial charge in [-0.05, 0) is 31.5 Å². The van der Waals surface area contributed by atoms with Crippen molar-refractivity contribution in [1.29, 1.82) is 0 Å². The fourth-order valence-corrected chi connectivity index (χ4v) is 3.06. The van der Waals surface area contributed by atoms with Gasteiger partial charge in [-0.25, -0.2) is 4.79 Å². The number of aliphatic carboxylic acids is 1. The molecule has 1 aliphatic carbocycles. The molecule has 8 nitrogen and oxygen atoms in total. The summed E-state index contributed by atoms with van der Waals surface area (Å²) in [7, 11) is 0. The first-order chi connectivity index (χ1) is 12.3. The summed E-state index contributed by atoms with van der Waals surface area (Å²) in [6.45, 7) is 2.49. The van der Waals surface area contributed by atoms with Crippen LogP contribution in [0.1, 0.15) is 19.8 Å². The minimum absolute atomic E-state index is 0.0259. The SMILES string of the molecule is CCN(CC(=O)O)C1CC(NC(=O)Nc2ccc3c(c2)OC(F)(F)O3)C1. The number of urea groups is 1. The molecule has 0 spiro atoms. The molecule has 0 unspecified atom stereocenters. The van der Waals surface area contributed by atoms with Crippen molar-refractivity contribution < 1.29 is 33.0 Å². The van der Waals surface area contributed by atoms with Gasteiger partial charge < -0.3 is 25.2 Å². The molecular weight excluding hydrogens is 352 g/mol. The van der Waals surface area contributed by atoms with Crippen molar-refractivity contribution in [3.8, 4) is 11.5 Å². The number of rotatable bonds is 6. The molecule has 0 radical (unpaired) electrons. The highest BCUT2D eigenvalue weighted by atomic mass is 19.3. The Kier molecular flexibility index (Phi) is 4.86. The first kappa shape index (κ1) is 18.2. The number of carbonyl (C=O) groups excluding carboxylic acids is 1. The summed E-state index contributed by atoms with van der Waals surface area (Å²) < 4.78 is 34.6. The Balaban J connectivity index is 1.47. The van der Waals surface area contributed by atoms with Crippen LogP contribution in [0.25, 0.3) is 0 Å². The Hall–Kier alpha value is -2.62. The summed E-state index contributed by atoms with van der Waals surface area (Å²) in [5.74, 6) is -1.13. The van der Waals surface area contributed by atoms with Crippen molar-refractivity contribution in [1.82, 2.24) is 10.2 Å². The molecule has 3 N–H and O–H groups in total. The zero-order chi connectivity index (χ0) is 18.9. The minimum Gasteiger partial charge on any atom is -0.480 e. The summed E-state index contributed by atoms with van der Waals surface area (Å²) in [6.07, 6.45) is -2.39. The molecule has 0 bridgehead atoms. The van der Waals surface area contributed by atoms with E-state index in [0.717, 1.165) is 0 Å². The van der Waals surface area contributed by atoms with Crippen LogP contribution >= 0.6 is 0 Å². The minimum atomic E-state index is -3.70. The summed E-state index contributed by atoms with van der Waals surface area (Å²) in [5.41, 5.74) is 0.291. The number of hydrogen-bond acceptors (Lipinski definition) is 5. The van der Waals surface area contributed by atoms with E-state index in [-0.39, 0.29) is 30.1 Å². The lowest BCUT2D eigenvalue weighted by atomic mass is 9.85. The third-order valence-corrected chi connectivity index (χ3v) is 4.37. The molecule has 1 saturated carbocycles. The number of hydrogen-bond donors (Lipinski definition) is 3. The fourth-order valence-electron chi connectivity index (χ4n) is 3.06. The van der Waals surface area contributed by atoms with E-state index in [0.29, 0.717) is 25.1 Å². The summed E-state index contributed by atoms with van der Waals surface area (Å²) in [5, 5.41) is 14.2. The number of carboxylic acids is 1. The molecule has 0 aromatic heterocycles. The quantitative estimate of drug-likeness (QED) is 0.708. The van der Waals surface area contributed by atoms with Crippen molar-refractivity contribution in [2.45, 2.75) is 38.1 Å². The van der Waals surface area contributed by atoms with E-state index in [9.17, 15) is 18.4 Å². The second-order valence-corrected chi connectivity index (χ2v) is 6.21. The Labute approximate surface area is 148 Å². The van der Waals surface area contributed by atoms with E-state index >= 15 is 0 Å². The van der Waals surface area contributed by atoms with Crippen LogP contribution in [0.4, 0.5) is 19.3 Å². The summed E-state index contributed by atoms with van der Waals surface area (Å²) >= 11 is 0. The summed E-state index contributed by atoms with van der Waals surface area (Å²) in [4.78, 5) is 24.7. The number of carbonyl (C=O) groups is 2. The van der Waals surface area contributed by atoms with Crippen LogP contribution in [-0.4, -0.2) is 53.5 Å². The molecule has 0 atom stereocenters. The zero-order valence-corrected chi connectivity index (χ0v) is 14.0. The fraction of sp³-hybridized carbons (Fsp3) is 0.500. The van der Waals surface area contributed by atoms with Crippen molar-refractivity contribution in [3.05, 3.63) is 18.2 Å². The average Bonchev–Trinajstić information content (AvgIpc) is 2.81. The van der Waals surface area contributed by atoms with Crippen molar-refractivity contribution in [2.75, 3.05) is 18.4 Å². The topological polar surface area (TPSA) is 100 Å². The van der Waals surface area contributed by atoms with E-state index in [1.807, 2.05) is 11.8 Å². The lowest BCUT2D eigenvalue weighted by Crippen LogP contribution is -2.55. The highest BCUT2D eigenvalue weighted by Crippen LogP contribution is 2.42. The third kappa shape index (κ3) is 4.13. The number of nitrogens with zero attached hydrogens (tertiary/aromatic N) is 1. The Bertz CT molecular complexity index is 709. The van der Waals surface area contributed by atoms with Crippen molar-refractivity contribution >= 4 is 17.7 Å². The monoisotopic (exact) mass is 371 g/mol. The van der Waals surface area contributed by atoms with Gasteiger partial charge in [0.1, 0.15) is 0 Å². The highest BCUT2D eigenvalue weighted by molar-refractivity contribution is 5.90. The Morgan fingerprint density at radius 1 is 1.31 bits per heavy atom. The van der Waals surface area contributed by atoms with Crippen LogP contribution in [0, 0.1) is 0 Å². The average molecular weight is 371 g/mol. The second-order valence-electron chi connectivity index (χ2n) is 6.21. The predicted molar refractivity (Wildman–Crippen MR) is 86.5 cm³/mol. The number of carboxylic acid groups (broad SMARTS) is 1. The van der Waals surface area contributed by atoms with Gasteiger partial charge in [0, 0.05) is 23.8 Å². The van der Waals surface area contributed by atoms with Crippen LogP contribution < -0.4 is 20.1 Å². The number of alkyl halides is 2. The maximum atomic E-state index is 13.0. The molecule has 0 saturated heterocycles. The van der Waals surface area contributed by atoms with Crippen molar-refractivity contribution in [2.24, 2.45) is 0 Å². The number of ether oxygens (including phenoxy) is 2. The molecule has 142 valence electrons. The Morgan fingerprint density at radius 3 is 2.65 bits per heavy atom. The lowest BCUT2D eigenvalue weighted by molar-refractivity contribution is -0.286. The van der Waals surface area contributed by atoms with Crippen LogP contribution in [0.2, 0.25) is 0 Å². The zero-order valence-electron chi connectivity index (χ0n) is 14.0. The maximum absolute atomic E-state index is 13.0. The molecule has 1 aliphatic heterocycles. The number of fused-ring (bicyclic) bond motifs is 1. The van der Waals surface area contributed by atoms with Crippen LogP contribution in [0.3, 0.4) is 0 Å². The van der Waals surface area contributed by atoms with Gasteiger partial charge in [-0.15, -0.1) is 8.78 Å². The predicted octanol–water partition coefficient (Wildman–Crippen LogP) is 2.07.